The van der Waals surface area contributed by atoms with Gasteiger partial charge in [-0.25, -0.2) is 9.97 Å². The first-order valence-electron chi connectivity index (χ1n) is 6.90. The van der Waals surface area contributed by atoms with Crippen LogP contribution in [0.25, 0.3) is 11.0 Å². The van der Waals surface area contributed by atoms with E-state index in [0.29, 0.717) is 11.6 Å². The van der Waals surface area contributed by atoms with Crippen molar-refractivity contribution in [1.82, 2.24) is 9.97 Å². The topological polar surface area (TPSA) is 68.6 Å². The summed E-state index contributed by atoms with van der Waals surface area (Å²) in [5.41, 5.74) is 5.17. The van der Waals surface area contributed by atoms with Crippen molar-refractivity contribution in [2.45, 2.75) is 0 Å². The van der Waals surface area contributed by atoms with Crippen molar-refractivity contribution in [2.24, 2.45) is 5.10 Å². The number of ether oxygens (including phenoxy) is 2. The van der Waals surface area contributed by atoms with Crippen LogP contribution in [0.5, 0.6) is 11.5 Å². The van der Waals surface area contributed by atoms with E-state index in [9.17, 15) is 0 Å². The number of fused-ring (bicyclic) bond motifs is 2. The molecule has 0 spiro atoms. The van der Waals surface area contributed by atoms with Gasteiger partial charge in [-0.1, -0.05) is 23.7 Å². The van der Waals surface area contributed by atoms with E-state index in [4.69, 9.17) is 21.1 Å². The zero-order chi connectivity index (χ0) is 15.6. The van der Waals surface area contributed by atoms with Crippen LogP contribution in [-0.4, -0.2) is 23.0 Å². The molecule has 0 aliphatic carbocycles. The first-order chi connectivity index (χ1) is 11.3. The number of nitrogens with one attached hydrogen (secondary N) is 1. The molecule has 1 aliphatic rings. The third-order valence-electron chi connectivity index (χ3n) is 3.31. The normalized spacial score (nSPS) is 12.9. The maximum absolute atomic E-state index is 6.12. The Labute approximate surface area is 136 Å². The lowest BCUT2D eigenvalue weighted by Crippen LogP contribution is -1.97. The molecule has 1 aromatic heterocycles. The summed E-state index contributed by atoms with van der Waals surface area (Å²) in [5, 5.41) is 4.42. The zero-order valence-corrected chi connectivity index (χ0v) is 12.6. The van der Waals surface area contributed by atoms with Crippen molar-refractivity contribution in [3.63, 3.8) is 0 Å². The molecular weight excluding hydrogens is 316 g/mol. The summed E-state index contributed by atoms with van der Waals surface area (Å²) in [4.78, 5) is 8.68. The standard InChI is InChI=1S/C16H11ClN4O2/c17-15-16(20-12-4-2-1-3-11(12)19-15)21-18-8-10-5-6-13-14(7-10)23-9-22-13/h1-8H,9H2,(H,20,21)/b18-8+. The summed E-state index contributed by atoms with van der Waals surface area (Å²) in [6.07, 6.45) is 1.65. The largest absolute Gasteiger partial charge is 0.454 e. The summed E-state index contributed by atoms with van der Waals surface area (Å²) < 4.78 is 10.6. The van der Waals surface area contributed by atoms with Gasteiger partial charge in [-0.3, -0.25) is 5.43 Å². The van der Waals surface area contributed by atoms with E-state index >= 15 is 0 Å². The lowest BCUT2D eigenvalue weighted by Gasteiger charge is -2.04. The smallest absolute Gasteiger partial charge is 0.231 e. The summed E-state index contributed by atoms with van der Waals surface area (Å²) in [5.74, 6) is 1.85. The zero-order valence-electron chi connectivity index (χ0n) is 11.9. The van der Waals surface area contributed by atoms with E-state index in [1.807, 2.05) is 42.5 Å². The molecule has 0 unspecified atom stereocenters. The molecule has 6 nitrogen and oxygen atoms in total. The van der Waals surface area contributed by atoms with E-state index in [2.05, 4.69) is 20.5 Å². The monoisotopic (exact) mass is 326 g/mol. The highest BCUT2D eigenvalue weighted by atomic mass is 35.5. The fourth-order valence-electron chi connectivity index (χ4n) is 2.21. The number of benzene rings is 2. The van der Waals surface area contributed by atoms with Crippen LogP contribution in [0.2, 0.25) is 5.15 Å². The maximum Gasteiger partial charge on any atom is 0.231 e. The summed E-state index contributed by atoms with van der Waals surface area (Å²) in [7, 11) is 0. The van der Waals surface area contributed by atoms with Crippen molar-refractivity contribution >= 4 is 34.7 Å². The molecule has 0 saturated carbocycles. The summed E-state index contributed by atoms with van der Waals surface area (Å²) in [6.45, 7) is 0.246. The number of anilines is 1. The van der Waals surface area contributed by atoms with Crippen molar-refractivity contribution in [3.05, 3.63) is 53.2 Å². The number of aromatic nitrogens is 2. The first kappa shape index (κ1) is 13.8. The number of hydrazone groups is 1. The SMILES string of the molecule is Clc1nc2ccccc2nc1N/N=C/c1ccc2c(c1)OCO2. The Morgan fingerprint density at radius 1 is 1.04 bits per heavy atom. The second-order valence-corrected chi connectivity index (χ2v) is 5.19. The van der Waals surface area contributed by atoms with E-state index in [1.54, 1.807) is 6.21 Å². The van der Waals surface area contributed by atoms with Crippen molar-refractivity contribution in [1.29, 1.82) is 0 Å². The van der Waals surface area contributed by atoms with Crippen LogP contribution in [0.4, 0.5) is 5.82 Å². The van der Waals surface area contributed by atoms with Gasteiger partial charge in [0.05, 0.1) is 17.2 Å². The Balaban J connectivity index is 1.55. The van der Waals surface area contributed by atoms with Gasteiger partial charge in [0.25, 0.3) is 0 Å². The molecule has 2 aromatic carbocycles. The average Bonchev–Trinajstić information content (AvgIpc) is 3.03. The molecule has 1 N–H and O–H groups in total. The molecule has 2 heterocycles. The third-order valence-corrected chi connectivity index (χ3v) is 3.57. The third kappa shape index (κ3) is 2.76. The van der Waals surface area contributed by atoms with Gasteiger partial charge in [0.2, 0.25) is 6.79 Å². The van der Waals surface area contributed by atoms with Crippen LogP contribution in [0.1, 0.15) is 5.56 Å². The molecule has 0 bridgehead atoms. The van der Waals surface area contributed by atoms with Gasteiger partial charge in [0.15, 0.2) is 22.5 Å². The molecule has 0 fully saturated rings. The van der Waals surface area contributed by atoms with Crippen LogP contribution < -0.4 is 14.9 Å². The molecule has 0 saturated heterocycles. The Morgan fingerprint density at radius 2 is 1.83 bits per heavy atom. The number of nitrogens with zero attached hydrogens (tertiary/aromatic N) is 3. The van der Waals surface area contributed by atoms with Gasteiger partial charge < -0.3 is 9.47 Å². The molecule has 0 radical (unpaired) electrons. The predicted molar refractivity (Wildman–Crippen MR) is 88.3 cm³/mol. The van der Waals surface area contributed by atoms with E-state index in [0.717, 1.165) is 22.3 Å². The number of hydrogen-bond acceptors (Lipinski definition) is 6. The molecule has 0 atom stereocenters. The molecular formula is C16H11ClN4O2. The Kier molecular flexibility index (Phi) is 3.44. The van der Waals surface area contributed by atoms with Crippen LogP contribution in [0, 0.1) is 0 Å². The van der Waals surface area contributed by atoms with Crippen molar-refractivity contribution in [3.8, 4) is 11.5 Å². The molecule has 114 valence electrons. The second-order valence-electron chi connectivity index (χ2n) is 4.83. The summed E-state index contributed by atoms with van der Waals surface area (Å²) >= 11 is 6.12. The van der Waals surface area contributed by atoms with Crippen molar-refractivity contribution in [2.75, 3.05) is 12.2 Å². The van der Waals surface area contributed by atoms with E-state index in [-0.39, 0.29) is 11.9 Å². The fourth-order valence-corrected chi connectivity index (χ4v) is 2.39. The lowest BCUT2D eigenvalue weighted by atomic mass is 10.2. The van der Waals surface area contributed by atoms with Crippen LogP contribution in [0.3, 0.4) is 0 Å². The quantitative estimate of drug-likeness (QED) is 0.589. The Bertz CT molecular complexity index is 914. The number of halogens is 1. The molecule has 23 heavy (non-hydrogen) atoms. The van der Waals surface area contributed by atoms with Crippen molar-refractivity contribution < 1.29 is 9.47 Å². The van der Waals surface area contributed by atoms with Gasteiger partial charge in [-0.15, -0.1) is 0 Å². The minimum atomic E-state index is 0.246. The fraction of sp³-hybridized carbons (Fsp3) is 0.0625. The van der Waals surface area contributed by atoms with Gasteiger partial charge in [-0.05, 0) is 35.9 Å². The van der Waals surface area contributed by atoms with Gasteiger partial charge in [-0.2, -0.15) is 5.10 Å². The number of rotatable bonds is 3. The van der Waals surface area contributed by atoms with Crippen LogP contribution in [0.15, 0.2) is 47.6 Å². The van der Waals surface area contributed by atoms with Gasteiger partial charge in [0, 0.05) is 0 Å². The first-order valence-corrected chi connectivity index (χ1v) is 7.28. The minimum absolute atomic E-state index is 0.246. The Hall–Kier alpha value is -2.86. The lowest BCUT2D eigenvalue weighted by molar-refractivity contribution is 0.174. The molecule has 1 aliphatic heterocycles. The van der Waals surface area contributed by atoms with Crippen LogP contribution in [-0.2, 0) is 0 Å². The second kappa shape index (κ2) is 5.73. The number of hydrogen-bond donors (Lipinski definition) is 1. The summed E-state index contributed by atoms with van der Waals surface area (Å²) in [6, 6.07) is 13.1. The molecule has 0 amide bonds. The van der Waals surface area contributed by atoms with E-state index in [1.165, 1.54) is 0 Å². The average molecular weight is 327 g/mol. The maximum atomic E-state index is 6.12. The molecule has 3 aromatic rings. The highest BCUT2D eigenvalue weighted by Gasteiger charge is 2.12. The molecule has 7 heteroatoms. The van der Waals surface area contributed by atoms with Gasteiger partial charge >= 0.3 is 0 Å². The molecule has 4 rings (SSSR count). The number of para-hydroxylation sites is 2. The Morgan fingerprint density at radius 3 is 2.70 bits per heavy atom. The highest BCUT2D eigenvalue weighted by Crippen LogP contribution is 2.32. The van der Waals surface area contributed by atoms with Crippen LogP contribution >= 0.6 is 11.6 Å². The minimum Gasteiger partial charge on any atom is -0.454 e. The highest BCUT2D eigenvalue weighted by molar-refractivity contribution is 6.32. The van der Waals surface area contributed by atoms with E-state index < -0.39 is 0 Å². The van der Waals surface area contributed by atoms with Gasteiger partial charge in [0.1, 0.15) is 0 Å². The predicted octanol–water partition coefficient (Wildman–Crippen LogP) is 3.46.